The van der Waals surface area contributed by atoms with Crippen molar-refractivity contribution >= 4 is 59.1 Å². The summed E-state index contributed by atoms with van der Waals surface area (Å²) in [5, 5.41) is 44.3. The first-order valence-corrected chi connectivity index (χ1v) is 21.1. The number of rotatable bonds is 28. The highest BCUT2D eigenvalue weighted by molar-refractivity contribution is 8.00. The number of likely N-dealkylation sites (N-methyl/N-ethyl adjacent to an activating group) is 1. The third-order valence-corrected chi connectivity index (χ3v) is 10.5. The molecule has 20 nitrogen and oxygen atoms in total. The molecule has 0 spiro atoms. The molecular formula is C41H60N8O12S. The number of carbonyl (C=O) groups excluding carboxylic acids is 7. The van der Waals surface area contributed by atoms with Gasteiger partial charge in [0, 0.05) is 18.7 Å². The molecule has 0 fully saturated rings. The van der Waals surface area contributed by atoms with Gasteiger partial charge in [-0.15, -0.1) is 11.8 Å². The number of hydrogen-bond acceptors (Lipinski definition) is 13. The maximum atomic E-state index is 13.7. The lowest BCUT2D eigenvalue weighted by molar-refractivity contribution is -0.139. The molecule has 7 amide bonds. The lowest BCUT2D eigenvalue weighted by atomic mass is 9.92. The Kier molecular flexibility index (Phi) is 22.4. The second-order valence-electron chi connectivity index (χ2n) is 14.9. The number of carboxylic acid groups (broad SMARTS) is 1. The van der Waals surface area contributed by atoms with Gasteiger partial charge in [-0.1, -0.05) is 49.4 Å². The number of aliphatic hydroxyl groups excluding tert-OH is 1. The zero-order valence-corrected chi connectivity index (χ0v) is 36.1. The summed E-state index contributed by atoms with van der Waals surface area (Å²) in [5.74, 6) is -7.74. The Morgan fingerprint density at radius 1 is 0.742 bits per heavy atom. The molecule has 0 aliphatic rings. The van der Waals surface area contributed by atoms with Crippen molar-refractivity contribution in [3.63, 3.8) is 0 Å². The van der Waals surface area contributed by atoms with Crippen molar-refractivity contribution in [1.82, 2.24) is 31.9 Å². The Hall–Kier alpha value is -5.77. The van der Waals surface area contributed by atoms with Crippen LogP contribution in [0.15, 0.2) is 54.6 Å². The van der Waals surface area contributed by atoms with Gasteiger partial charge < -0.3 is 63.4 Å². The third-order valence-electron chi connectivity index (χ3n) is 9.46. The van der Waals surface area contributed by atoms with Crippen LogP contribution in [0, 0.1) is 5.92 Å². The van der Waals surface area contributed by atoms with Crippen molar-refractivity contribution in [2.45, 2.75) is 89.2 Å². The van der Waals surface area contributed by atoms with Crippen molar-refractivity contribution in [2.24, 2.45) is 17.4 Å². The first-order valence-electron chi connectivity index (χ1n) is 20.0. The van der Waals surface area contributed by atoms with E-state index in [1.807, 2.05) is 30.3 Å². The van der Waals surface area contributed by atoms with Crippen molar-refractivity contribution in [1.29, 1.82) is 0 Å². The van der Waals surface area contributed by atoms with Gasteiger partial charge in [0.25, 0.3) is 0 Å². The number of aliphatic carboxylic acids is 1. The Bertz CT molecular complexity index is 1810. The SMILES string of the molecule is CCNC(=O)[C@H](CCN)NC(=O)[C@H](CSCC(=O)N[C@@H](CCc1ccccc1)C(=O)N[C@@H](Cc1ccc(OCC(=O)O)cc1)C(N)=O)NC(=O)[C@H](CO)NC(=O)[C@@H](C)C(C)(C)O. The molecule has 0 heterocycles. The average molecular weight is 889 g/mol. The Morgan fingerprint density at radius 3 is 1.87 bits per heavy atom. The minimum absolute atomic E-state index is 0.0316. The second kappa shape index (κ2) is 26.5. The molecule has 62 heavy (non-hydrogen) atoms. The number of benzene rings is 2. The number of ether oxygens (including phenoxy) is 1. The lowest BCUT2D eigenvalue weighted by Crippen LogP contribution is -2.59. The molecule has 0 aromatic heterocycles. The summed E-state index contributed by atoms with van der Waals surface area (Å²) in [5.41, 5.74) is 11.3. The van der Waals surface area contributed by atoms with Gasteiger partial charge in [-0.3, -0.25) is 33.6 Å². The van der Waals surface area contributed by atoms with Crippen molar-refractivity contribution in [3.05, 3.63) is 65.7 Å². The predicted octanol–water partition coefficient (Wildman–Crippen LogP) is -2.15. The van der Waals surface area contributed by atoms with Gasteiger partial charge in [-0.05, 0) is 69.8 Å². The molecule has 2 aromatic carbocycles. The number of amides is 7. The van der Waals surface area contributed by atoms with E-state index < -0.39 is 102 Å². The fraction of sp³-hybridized carbons (Fsp3) is 0.512. The maximum Gasteiger partial charge on any atom is 0.341 e. The van der Waals surface area contributed by atoms with E-state index in [2.05, 4.69) is 31.9 Å². The number of carboxylic acids is 1. The van der Waals surface area contributed by atoms with Crippen molar-refractivity contribution in [2.75, 3.05) is 37.8 Å². The van der Waals surface area contributed by atoms with Gasteiger partial charge >= 0.3 is 5.97 Å². The zero-order chi connectivity index (χ0) is 46.4. The van der Waals surface area contributed by atoms with E-state index >= 15 is 0 Å². The Morgan fingerprint density at radius 2 is 1.31 bits per heavy atom. The summed E-state index contributed by atoms with van der Waals surface area (Å²) in [7, 11) is 0. The van der Waals surface area contributed by atoms with E-state index in [-0.39, 0.29) is 49.6 Å². The summed E-state index contributed by atoms with van der Waals surface area (Å²) in [6, 6.07) is 8.90. The van der Waals surface area contributed by atoms with Gasteiger partial charge in [-0.25, -0.2) is 4.79 Å². The van der Waals surface area contributed by atoms with Gasteiger partial charge in [-0.2, -0.15) is 0 Å². The number of aryl methyl sites for hydroxylation is 1. The van der Waals surface area contributed by atoms with Crippen LogP contribution in [0.2, 0.25) is 0 Å². The fourth-order valence-electron chi connectivity index (χ4n) is 5.60. The quantitative estimate of drug-likeness (QED) is 0.0434. The first-order chi connectivity index (χ1) is 29.3. The third kappa shape index (κ3) is 18.9. The molecule has 2 aromatic rings. The van der Waals surface area contributed by atoms with Crippen LogP contribution in [-0.2, 0) is 51.2 Å². The lowest BCUT2D eigenvalue weighted by Gasteiger charge is -2.28. The van der Waals surface area contributed by atoms with Crippen LogP contribution < -0.4 is 48.1 Å². The standard InChI is InChI=1S/C41H60N8O12S/c1-5-44-37(56)29(17-18-42)46-40(59)32(49-39(58)31(20-50)48-36(55)24(2)41(3,4)60)22-62-23-33(51)45-28(16-13-25-9-7-6-8-10-25)38(57)47-30(35(43)54)19-26-11-14-27(15-12-26)61-21-34(52)53/h6-12,14-15,24,28-32,50,60H,5,13,16-23,42H2,1-4H3,(H2,43,54)(H,44,56)(H,45,51)(H,46,59)(H,47,57)(H,48,55)(H,49,58)(H,52,53)/t24-,28+,29+,30+,31+,32+/m1/s1. The number of aliphatic hydroxyl groups is 2. The van der Waals surface area contributed by atoms with E-state index in [0.29, 0.717) is 12.0 Å². The highest BCUT2D eigenvalue weighted by atomic mass is 32.2. The van der Waals surface area contributed by atoms with E-state index in [1.54, 1.807) is 19.1 Å². The number of carbonyl (C=O) groups is 8. The van der Waals surface area contributed by atoms with Crippen LogP contribution in [0.1, 0.15) is 51.7 Å². The molecule has 0 radical (unpaired) electrons. The molecule has 21 heteroatoms. The van der Waals surface area contributed by atoms with Gasteiger partial charge in [0.05, 0.1) is 23.9 Å². The highest BCUT2D eigenvalue weighted by Gasteiger charge is 2.34. The number of nitrogens with one attached hydrogen (secondary N) is 6. The number of primary amides is 1. The zero-order valence-electron chi connectivity index (χ0n) is 35.3. The smallest absolute Gasteiger partial charge is 0.341 e. The number of thioether (sulfide) groups is 1. The molecule has 0 saturated heterocycles. The van der Waals surface area contributed by atoms with Crippen LogP contribution in [0.5, 0.6) is 5.75 Å². The van der Waals surface area contributed by atoms with Crippen LogP contribution in [0.25, 0.3) is 0 Å². The molecule has 0 unspecified atom stereocenters. The van der Waals surface area contributed by atoms with Gasteiger partial charge in [0.2, 0.25) is 41.4 Å². The number of nitrogens with two attached hydrogens (primary N) is 2. The van der Waals surface area contributed by atoms with Gasteiger partial charge in [0.1, 0.15) is 36.0 Å². The predicted molar refractivity (Wildman–Crippen MR) is 229 cm³/mol. The minimum Gasteiger partial charge on any atom is -0.482 e. The first kappa shape index (κ1) is 52.4. The molecule has 0 aliphatic carbocycles. The van der Waals surface area contributed by atoms with Gasteiger partial charge in [0.15, 0.2) is 6.61 Å². The Labute approximate surface area is 364 Å². The Balaban J connectivity index is 2.25. The van der Waals surface area contributed by atoms with Crippen LogP contribution >= 0.6 is 11.8 Å². The maximum absolute atomic E-state index is 13.7. The van der Waals surface area contributed by atoms with Crippen LogP contribution in [0.3, 0.4) is 0 Å². The molecule has 342 valence electrons. The molecule has 0 bridgehead atoms. The topological polar surface area (TPSA) is 331 Å². The van der Waals surface area contributed by atoms with Crippen LogP contribution in [0.4, 0.5) is 0 Å². The van der Waals surface area contributed by atoms with E-state index in [0.717, 1.165) is 17.3 Å². The van der Waals surface area contributed by atoms with Crippen LogP contribution in [-0.4, -0.2) is 136 Å². The molecule has 0 saturated carbocycles. The van der Waals surface area contributed by atoms with E-state index in [9.17, 15) is 48.6 Å². The summed E-state index contributed by atoms with van der Waals surface area (Å²) < 4.78 is 5.13. The van der Waals surface area contributed by atoms with E-state index in [1.165, 1.54) is 32.9 Å². The molecule has 2 rings (SSSR count). The monoisotopic (exact) mass is 888 g/mol. The summed E-state index contributed by atoms with van der Waals surface area (Å²) in [6.45, 7) is 4.78. The largest absolute Gasteiger partial charge is 0.482 e. The molecule has 0 aliphatic heterocycles. The number of hydrogen-bond donors (Lipinski definition) is 11. The fourth-order valence-corrected chi connectivity index (χ4v) is 6.46. The summed E-state index contributed by atoms with van der Waals surface area (Å²) >= 11 is 0.891. The van der Waals surface area contributed by atoms with E-state index in [4.69, 9.17) is 21.3 Å². The summed E-state index contributed by atoms with van der Waals surface area (Å²) in [6.07, 6.45) is 0.483. The molecular weight excluding hydrogens is 829 g/mol. The molecule has 13 N–H and O–H groups in total. The van der Waals surface area contributed by atoms with Crippen molar-refractivity contribution < 1.29 is 58.4 Å². The normalized spacial score (nSPS) is 14.0. The average Bonchev–Trinajstić information content (AvgIpc) is 3.22. The highest BCUT2D eigenvalue weighted by Crippen LogP contribution is 2.17. The minimum atomic E-state index is -1.54. The van der Waals surface area contributed by atoms with Crippen molar-refractivity contribution in [3.8, 4) is 5.75 Å². The second-order valence-corrected chi connectivity index (χ2v) is 15.9. The summed E-state index contributed by atoms with van der Waals surface area (Å²) in [4.78, 5) is 103. The molecule has 6 atom stereocenters.